The van der Waals surface area contributed by atoms with E-state index in [1.807, 2.05) is 12.1 Å². The quantitative estimate of drug-likeness (QED) is 0.791. The minimum absolute atomic E-state index is 0.171. The molecule has 3 rings (SSSR count). The molecule has 2 saturated carbocycles. The van der Waals surface area contributed by atoms with Gasteiger partial charge in [0.15, 0.2) is 0 Å². The largest absolute Gasteiger partial charge is 0.326 e. The van der Waals surface area contributed by atoms with E-state index in [2.05, 4.69) is 19.2 Å². The van der Waals surface area contributed by atoms with Gasteiger partial charge in [0, 0.05) is 17.1 Å². The number of amides is 1. The summed E-state index contributed by atoms with van der Waals surface area (Å²) < 4.78 is 0. The molecule has 2 bridgehead atoms. The minimum atomic E-state index is 0.171. The highest BCUT2D eigenvalue weighted by atomic mass is 35.5. The van der Waals surface area contributed by atoms with Crippen LogP contribution >= 0.6 is 11.6 Å². The molecule has 1 aromatic rings. The number of carbonyl (C=O) groups excluding carboxylic acids is 1. The molecule has 3 atom stereocenters. The Morgan fingerprint density at radius 1 is 1.23 bits per heavy atom. The van der Waals surface area contributed by atoms with Gasteiger partial charge in [0.25, 0.3) is 0 Å². The van der Waals surface area contributed by atoms with E-state index in [0.717, 1.165) is 41.0 Å². The predicted octanol–water partition coefficient (Wildman–Crippen LogP) is 5.23. The van der Waals surface area contributed by atoms with E-state index in [-0.39, 0.29) is 5.91 Å². The van der Waals surface area contributed by atoms with Gasteiger partial charge in [-0.05, 0) is 67.1 Å². The Balaban J connectivity index is 1.72. The molecule has 2 fully saturated rings. The van der Waals surface area contributed by atoms with Crippen molar-refractivity contribution in [3.8, 4) is 0 Å². The van der Waals surface area contributed by atoms with Gasteiger partial charge < -0.3 is 5.32 Å². The third-order valence-electron chi connectivity index (χ3n) is 5.67. The summed E-state index contributed by atoms with van der Waals surface area (Å²) in [6, 6.07) is 3.99. The van der Waals surface area contributed by atoms with Crippen molar-refractivity contribution in [1.29, 1.82) is 0 Å². The Kier molecular flexibility index (Phi) is 4.77. The fourth-order valence-electron chi connectivity index (χ4n) is 4.52. The lowest BCUT2D eigenvalue weighted by atomic mass is 9.86. The molecule has 0 heterocycles. The first-order valence-corrected chi connectivity index (χ1v) is 9.10. The maximum absolute atomic E-state index is 12.5. The monoisotopic (exact) mass is 319 g/mol. The van der Waals surface area contributed by atoms with Crippen LogP contribution in [0.5, 0.6) is 0 Å². The number of anilines is 1. The number of rotatable bonds is 5. The van der Waals surface area contributed by atoms with Gasteiger partial charge in [-0.15, -0.1) is 0 Å². The van der Waals surface area contributed by atoms with Gasteiger partial charge >= 0.3 is 0 Å². The van der Waals surface area contributed by atoms with Gasteiger partial charge in [-0.1, -0.05) is 37.9 Å². The average Bonchev–Trinajstić information content (AvgIpc) is 3.10. The summed E-state index contributed by atoms with van der Waals surface area (Å²) in [4.78, 5) is 12.5. The van der Waals surface area contributed by atoms with Gasteiger partial charge in [-0.2, -0.15) is 0 Å². The summed E-state index contributed by atoms with van der Waals surface area (Å²) in [6.45, 7) is 4.21. The third kappa shape index (κ3) is 3.03. The highest BCUT2D eigenvalue weighted by Crippen LogP contribution is 2.49. The van der Waals surface area contributed by atoms with Gasteiger partial charge in [-0.3, -0.25) is 4.79 Å². The van der Waals surface area contributed by atoms with Crippen LogP contribution < -0.4 is 5.32 Å². The second kappa shape index (κ2) is 6.62. The predicted molar refractivity (Wildman–Crippen MR) is 92.4 cm³/mol. The van der Waals surface area contributed by atoms with E-state index in [4.69, 9.17) is 11.6 Å². The van der Waals surface area contributed by atoms with Crippen LogP contribution in [0.3, 0.4) is 0 Å². The van der Waals surface area contributed by atoms with Crippen LogP contribution in [0.25, 0.3) is 0 Å². The number of fused-ring (bicyclic) bond motifs is 2. The molecule has 0 saturated heterocycles. The molecule has 3 heteroatoms. The van der Waals surface area contributed by atoms with Crippen molar-refractivity contribution in [1.82, 2.24) is 0 Å². The van der Waals surface area contributed by atoms with Crippen LogP contribution in [0.1, 0.15) is 57.1 Å². The SMILES string of the molecule is CCc1ccc(Cl)c(CC)c1NC(=O)C[C@@H]1C[C@@H]2CC[C@@H]1C2. The van der Waals surface area contributed by atoms with E-state index in [1.54, 1.807) is 0 Å². The van der Waals surface area contributed by atoms with Gasteiger partial charge in [0.1, 0.15) is 0 Å². The van der Waals surface area contributed by atoms with E-state index in [1.165, 1.54) is 31.2 Å². The van der Waals surface area contributed by atoms with Crippen molar-refractivity contribution < 1.29 is 4.79 Å². The lowest BCUT2D eigenvalue weighted by Crippen LogP contribution is -2.21. The zero-order chi connectivity index (χ0) is 15.7. The van der Waals surface area contributed by atoms with Crippen LogP contribution in [0.15, 0.2) is 12.1 Å². The summed E-state index contributed by atoms with van der Waals surface area (Å²) in [5.74, 6) is 2.47. The Bertz CT molecular complexity index is 569. The first-order valence-electron chi connectivity index (χ1n) is 8.72. The average molecular weight is 320 g/mol. The number of nitrogens with one attached hydrogen (secondary N) is 1. The van der Waals surface area contributed by atoms with E-state index < -0.39 is 0 Å². The first-order chi connectivity index (χ1) is 10.6. The number of hydrogen-bond acceptors (Lipinski definition) is 1. The molecular formula is C19H26ClNO. The fourth-order valence-corrected chi connectivity index (χ4v) is 4.81. The second-order valence-electron chi connectivity index (χ2n) is 6.95. The molecule has 0 spiro atoms. The van der Waals surface area contributed by atoms with E-state index >= 15 is 0 Å². The van der Waals surface area contributed by atoms with Crippen molar-refractivity contribution in [3.63, 3.8) is 0 Å². The highest BCUT2D eigenvalue weighted by molar-refractivity contribution is 6.32. The smallest absolute Gasteiger partial charge is 0.224 e. The molecule has 0 aliphatic heterocycles. The maximum atomic E-state index is 12.5. The van der Waals surface area contributed by atoms with Gasteiger partial charge in [0.05, 0.1) is 0 Å². The fraction of sp³-hybridized carbons (Fsp3) is 0.632. The molecule has 0 unspecified atom stereocenters. The molecule has 22 heavy (non-hydrogen) atoms. The van der Waals surface area contributed by atoms with Gasteiger partial charge in [-0.25, -0.2) is 0 Å². The minimum Gasteiger partial charge on any atom is -0.326 e. The van der Waals surface area contributed by atoms with Crippen LogP contribution in [-0.4, -0.2) is 5.91 Å². The zero-order valence-electron chi connectivity index (χ0n) is 13.6. The molecule has 2 aliphatic rings. The topological polar surface area (TPSA) is 29.1 Å². The van der Waals surface area contributed by atoms with Crippen molar-refractivity contribution in [3.05, 3.63) is 28.3 Å². The number of carbonyl (C=O) groups is 1. The van der Waals surface area contributed by atoms with Crippen LogP contribution in [0, 0.1) is 17.8 Å². The molecule has 0 radical (unpaired) electrons. The van der Waals surface area contributed by atoms with Crippen LogP contribution in [0.4, 0.5) is 5.69 Å². The highest BCUT2D eigenvalue weighted by Gasteiger charge is 2.40. The Hall–Kier alpha value is -1.02. The molecule has 1 N–H and O–H groups in total. The van der Waals surface area contributed by atoms with Crippen molar-refractivity contribution in [2.24, 2.45) is 17.8 Å². The number of aryl methyl sites for hydroxylation is 1. The lowest BCUT2D eigenvalue weighted by Gasteiger charge is -2.22. The maximum Gasteiger partial charge on any atom is 0.224 e. The first kappa shape index (κ1) is 15.9. The Morgan fingerprint density at radius 3 is 2.64 bits per heavy atom. The molecule has 0 aromatic heterocycles. The third-order valence-corrected chi connectivity index (χ3v) is 6.03. The zero-order valence-corrected chi connectivity index (χ0v) is 14.4. The second-order valence-corrected chi connectivity index (χ2v) is 7.36. The molecular weight excluding hydrogens is 294 g/mol. The molecule has 2 aliphatic carbocycles. The molecule has 1 amide bonds. The molecule has 1 aromatic carbocycles. The van der Waals surface area contributed by atoms with Crippen molar-refractivity contribution in [2.45, 2.75) is 58.8 Å². The van der Waals surface area contributed by atoms with E-state index in [9.17, 15) is 4.79 Å². The lowest BCUT2D eigenvalue weighted by molar-refractivity contribution is -0.117. The Morgan fingerprint density at radius 2 is 2.05 bits per heavy atom. The van der Waals surface area contributed by atoms with Crippen LogP contribution in [-0.2, 0) is 17.6 Å². The standard InChI is InChI=1S/C19H26ClNO/c1-3-13-7-8-17(20)16(4-2)19(13)21-18(22)11-15-10-12-5-6-14(15)9-12/h7-8,12,14-15H,3-6,9-11H2,1-2H3,(H,21,22)/t12-,14-,15+/m1/s1. The van der Waals surface area contributed by atoms with Gasteiger partial charge in [0.2, 0.25) is 5.91 Å². The van der Waals surface area contributed by atoms with Crippen LogP contribution in [0.2, 0.25) is 5.02 Å². The Labute approximate surface area is 138 Å². The number of benzene rings is 1. The molecule has 2 nitrogen and oxygen atoms in total. The normalized spacial score (nSPS) is 26.4. The summed E-state index contributed by atoms with van der Waals surface area (Å²) in [6.07, 6.45) is 7.77. The molecule has 120 valence electrons. The number of hydrogen-bond donors (Lipinski definition) is 1. The summed E-state index contributed by atoms with van der Waals surface area (Å²) in [5.41, 5.74) is 3.22. The summed E-state index contributed by atoms with van der Waals surface area (Å²) in [7, 11) is 0. The summed E-state index contributed by atoms with van der Waals surface area (Å²) >= 11 is 6.31. The van der Waals surface area contributed by atoms with E-state index in [0.29, 0.717) is 12.3 Å². The van der Waals surface area contributed by atoms with Crippen molar-refractivity contribution >= 4 is 23.2 Å². The van der Waals surface area contributed by atoms with Crippen molar-refractivity contribution in [2.75, 3.05) is 5.32 Å². The summed E-state index contributed by atoms with van der Waals surface area (Å²) in [5, 5.41) is 3.94. The number of halogens is 1.